The van der Waals surface area contributed by atoms with Crippen molar-refractivity contribution in [1.29, 1.82) is 0 Å². The molecule has 8 heteroatoms. The molecule has 2 unspecified atom stereocenters. The average molecular weight is 475 g/mol. The van der Waals surface area contributed by atoms with E-state index in [0.29, 0.717) is 24.6 Å². The molecule has 2 N–H and O–H groups in total. The van der Waals surface area contributed by atoms with Gasteiger partial charge in [0.1, 0.15) is 36.9 Å². The predicted octanol–water partition coefficient (Wildman–Crippen LogP) is 1.47. The third kappa shape index (κ3) is 8.51. The highest BCUT2D eigenvalue weighted by Gasteiger charge is 2.20. The molecule has 2 aliphatic heterocycles. The second-order valence-electron chi connectivity index (χ2n) is 9.45. The maximum atomic E-state index is 10.4. The highest BCUT2D eigenvalue weighted by Crippen LogP contribution is 2.18. The van der Waals surface area contributed by atoms with Crippen molar-refractivity contribution in [1.82, 2.24) is 19.6 Å². The summed E-state index contributed by atoms with van der Waals surface area (Å²) in [5.41, 5.74) is 2.20. The Labute approximate surface area is 204 Å². The van der Waals surface area contributed by atoms with E-state index < -0.39 is 12.2 Å². The molecule has 0 aliphatic carbocycles. The first kappa shape index (κ1) is 26.3. The summed E-state index contributed by atoms with van der Waals surface area (Å²) in [6.07, 6.45) is -1.08. The van der Waals surface area contributed by atoms with E-state index in [4.69, 9.17) is 9.47 Å². The van der Waals surface area contributed by atoms with E-state index in [1.807, 2.05) is 38.1 Å². The van der Waals surface area contributed by atoms with Crippen LogP contribution in [0.2, 0.25) is 0 Å². The van der Waals surface area contributed by atoms with Gasteiger partial charge in [0.2, 0.25) is 0 Å². The smallest absolute Gasteiger partial charge is 0.119 e. The largest absolute Gasteiger partial charge is 0.491 e. The van der Waals surface area contributed by atoms with Gasteiger partial charge in [-0.15, -0.1) is 0 Å². The molecular weight excluding hydrogens is 432 g/mol. The zero-order valence-electron chi connectivity index (χ0n) is 20.9. The zero-order valence-corrected chi connectivity index (χ0v) is 20.9. The van der Waals surface area contributed by atoms with Gasteiger partial charge in [-0.05, 0) is 38.1 Å². The summed E-state index contributed by atoms with van der Waals surface area (Å²) in [6.45, 7) is 21.2. The van der Waals surface area contributed by atoms with Crippen molar-refractivity contribution < 1.29 is 19.7 Å². The molecular formula is C26H42N4O4. The van der Waals surface area contributed by atoms with Gasteiger partial charge in [-0.1, -0.05) is 13.2 Å². The first-order chi connectivity index (χ1) is 16.3. The molecule has 3 rings (SSSR count). The summed E-state index contributed by atoms with van der Waals surface area (Å²) < 4.78 is 11.5. The normalized spacial score (nSPS) is 19.5. The van der Waals surface area contributed by atoms with Crippen LogP contribution < -0.4 is 9.47 Å². The highest BCUT2D eigenvalue weighted by molar-refractivity contribution is 5.31. The molecule has 8 nitrogen and oxygen atoms in total. The molecule has 0 bridgehead atoms. The molecule has 0 amide bonds. The van der Waals surface area contributed by atoms with Crippen LogP contribution in [0.4, 0.5) is 0 Å². The SMILES string of the molecule is C=C(C)N1CCN(CC(O)COc2ccc(OCC(O)CN3CCN(C(=C)C)CC3)cc2)CC1. The fourth-order valence-corrected chi connectivity index (χ4v) is 4.34. The van der Waals surface area contributed by atoms with Gasteiger partial charge in [-0.25, -0.2) is 0 Å². The molecule has 2 fully saturated rings. The van der Waals surface area contributed by atoms with Crippen LogP contribution in [-0.2, 0) is 0 Å². The Bertz CT molecular complexity index is 707. The molecule has 0 saturated carbocycles. The summed E-state index contributed by atoms with van der Waals surface area (Å²) in [5, 5.41) is 20.7. The highest BCUT2D eigenvalue weighted by atomic mass is 16.5. The van der Waals surface area contributed by atoms with E-state index in [2.05, 4.69) is 32.8 Å². The topological polar surface area (TPSA) is 71.9 Å². The molecule has 0 aromatic heterocycles. The summed E-state index contributed by atoms with van der Waals surface area (Å²) in [7, 11) is 0. The van der Waals surface area contributed by atoms with Gasteiger partial charge in [0.25, 0.3) is 0 Å². The minimum Gasteiger partial charge on any atom is -0.491 e. The third-order valence-electron chi connectivity index (χ3n) is 6.47. The molecule has 2 heterocycles. The van der Waals surface area contributed by atoms with Crippen LogP contribution >= 0.6 is 0 Å². The molecule has 2 atom stereocenters. The minimum atomic E-state index is -0.542. The van der Waals surface area contributed by atoms with E-state index in [1.54, 1.807) is 0 Å². The molecule has 2 saturated heterocycles. The zero-order chi connectivity index (χ0) is 24.5. The van der Waals surface area contributed by atoms with Crippen molar-refractivity contribution in [3.05, 3.63) is 48.8 Å². The van der Waals surface area contributed by atoms with E-state index >= 15 is 0 Å². The summed E-state index contributed by atoms with van der Waals surface area (Å²) in [4.78, 5) is 9.06. The van der Waals surface area contributed by atoms with Crippen molar-refractivity contribution in [2.75, 3.05) is 78.7 Å². The summed E-state index contributed by atoms with van der Waals surface area (Å²) in [5.74, 6) is 1.38. The monoisotopic (exact) mass is 474 g/mol. The molecule has 34 heavy (non-hydrogen) atoms. The number of nitrogens with zero attached hydrogens (tertiary/aromatic N) is 4. The predicted molar refractivity (Wildman–Crippen MR) is 135 cm³/mol. The van der Waals surface area contributed by atoms with Crippen molar-refractivity contribution in [2.24, 2.45) is 0 Å². The van der Waals surface area contributed by atoms with Gasteiger partial charge in [0.15, 0.2) is 0 Å². The van der Waals surface area contributed by atoms with Crippen LogP contribution in [0, 0.1) is 0 Å². The van der Waals surface area contributed by atoms with Crippen molar-refractivity contribution in [2.45, 2.75) is 26.1 Å². The number of β-amino-alcohol motifs (C(OH)–C–C–N with tert-alkyl or cyclic N) is 2. The Hall–Kier alpha value is -2.26. The lowest BCUT2D eigenvalue weighted by atomic mass is 10.2. The molecule has 0 radical (unpaired) electrons. The van der Waals surface area contributed by atoms with Crippen molar-refractivity contribution in [3.63, 3.8) is 0 Å². The number of hydrogen-bond donors (Lipinski definition) is 2. The van der Waals surface area contributed by atoms with E-state index in [1.165, 1.54) is 0 Å². The molecule has 1 aromatic rings. The first-order valence-corrected chi connectivity index (χ1v) is 12.3. The molecule has 0 spiro atoms. The van der Waals surface area contributed by atoms with Crippen molar-refractivity contribution in [3.8, 4) is 11.5 Å². The van der Waals surface area contributed by atoms with Gasteiger partial charge in [-0.2, -0.15) is 0 Å². The van der Waals surface area contributed by atoms with Gasteiger partial charge in [-0.3, -0.25) is 9.80 Å². The Morgan fingerprint density at radius 2 is 1.03 bits per heavy atom. The Morgan fingerprint density at radius 3 is 1.32 bits per heavy atom. The number of aliphatic hydroxyl groups is 2. The summed E-state index contributed by atoms with van der Waals surface area (Å²) in [6, 6.07) is 7.32. The van der Waals surface area contributed by atoms with E-state index in [-0.39, 0.29) is 13.2 Å². The molecule has 1 aromatic carbocycles. The Morgan fingerprint density at radius 1 is 0.706 bits per heavy atom. The van der Waals surface area contributed by atoms with Gasteiger partial charge >= 0.3 is 0 Å². The fraction of sp³-hybridized carbons (Fsp3) is 0.615. The lowest BCUT2D eigenvalue weighted by Gasteiger charge is -2.36. The van der Waals surface area contributed by atoms with Gasteiger partial charge in [0.05, 0.1) is 0 Å². The lowest BCUT2D eigenvalue weighted by Crippen LogP contribution is -2.48. The number of rotatable bonds is 12. The Kier molecular flexibility index (Phi) is 10.1. The number of allylic oxidation sites excluding steroid dienone is 2. The number of benzene rings is 1. The Balaban J connectivity index is 1.30. The maximum absolute atomic E-state index is 10.4. The van der Waals surface area contributed by atoms with E-state index in [9.17, 15) is 10.2 Å². The standard InChI is InChI=1S/C26H42N4O4/c1-21(2)29-13-9-27(10-14-29)17-23(31)19-33-25-5-7-26(8-6-25)34-20-24(32)18-28-11-15-30(16-12-28)22(3)4/h5-8,23-24,31-32H,1,3,9-20H2,2,4H3. The number of aliphatic hydroxyl groups excluding tert-OH is 2. The second kappa shape index (κ2) is 13.0. The maximum Gasteiger partial charge on any atom is 0.119 e. The lowest BCUT2D eigenvalue weighted by molar-refractivity contribution is 0.0506. The van der Waals surface area contributed by atoms with Crippen LogP contribution in [0.25, 0.3) is 0 Å². The van der Waals surface area contributed by atoms with Gasteiger partial charge in [0, 0.05) is 76.8 Å². The summed E-state index contributed by atoms with van der Waals surface area (Å²) >= 11 is 0. The number of hydrogen-bond acceptors (Lipinski definition) is 8. The second-order valence-corrected chi connectivity index (χ2v) is 9.45. The van der Waals surface area contributed by atoms with Crippen LogP contribution in [0.3, 0.4) is 0 Å². The van der Waals surface area contributed by atoms with Crippen LogP contribution in [0.15, 0.2) is 48.8 Å². The van der Waals surface area contributed by atoms with Crippen LogP contribution in [-0.4, -0.2) is 121 Å². The molecule has 2 aliphatic rings. The van der Waals surface area contributed by atoms with Crippen LogP contribution in [0.1, 0.15) is 13.8 Å². The first-order valence-electron chi connectivity index (χ1n) is 12.3. The number of ether oxygens (including phenoxy) is 2. The van der Waals surface area contributed by atoms with E-state index in [0.717, 1.165) is 63.8 Å². The fourth-order valence-electron chi connectivity index (χ4n) is 4.34. The quantitative estimate of drug-likeness (QED) is 0.472. The van der Waals surface area contributed by atoms with Gasteiger partial charge < -0.3 is 29.5 Å². The number of piperazine rings is 2. The minimum absolute atomic E-state index is 0.248. The average Bonchev–Trinajstić information content (AvgIpc) is 2.83. The molecule has 190 valence electrons. The van der Waals surface area contributed by atoms with Crippen LogP contribution in [0.5, 0.6) is 11.5 Å². The van der Waals surface area contributed by atoms with Crippen molar-refractivity contribution >= 4 is 0 Å². The third-order valence-corrected chi connectivity index (χ3v) is 6.47.